The Morgan fingerprint density at radius 3 is 2.79 bits per heavy atom. The minimum absolute atomic E-state index is 0.0282. The minimum atomic E-state index is -0.241. The van der Waals surface area contributed by atoms with Crippen molar-refractivity contribution in [3.8, 4) is 0 Å². The molecular weight excluding hydrogens is 311 g/mol. The zero-order valence-corrected chi connectivity index (χ0v) is 12.9. The van der Waals surface area contributed by atoms with Gasteiger partial charge in [0.25, 0.3) is 0 Å². The fourth-order valence-electron chi connectivity index (χ4n) is 1.89. The van der Waals surface area contributed by atoms with E-state index in [2.05, 4.69) is 15.9 Å². The molecule has 1 amide bonds. The fourth-order valence-corrected chi connectivity index (χ4v) is 2.30. The third-order valence-electron chi connectivity index (χ3n) is 3.23. The lowest BCUT2D eigenvalue weighted by Crippen LogP contribution is -2.37. The highest BCUT2D eigenvalue weighted by Gasteiger charge is 2.18. The van der Waals surface area contributed by atoms with Crippen LogP contribution in [0.1, 0.15) is 18.9 Å². The van der Waals surface area contributed by atoms with Crippen molar-refractivity contribution in [1.82, 2.24) is 4.90 Å². The van der Waals surface area contributed by atoms with Crippen molar-refractivity contribution < 1.29 is 9.18 Å². The first-order chi connectivity index (χ1) is 8.99. The topological polar surface area (TPSA) is 46.3 Å². The van der Waals surface area contributed by atoms with Gasteiger partial charge in [-0.15, -0.1) is 0 Å². The van der Waals surface area contributed by atoms with Gasteiger partial charge in [-0.2, -0.15) is 0 Å². The Morgan fingerprint density at radius 2 is 2.21 bits per heavy atom. The Balaban J connectivity index is 2.61. The molecule has 1 aromatic carbocycles. The summed E-state index contributed by atoms with van der Waals surface area (Å²) in [5.41, 5.74) is 6.17. The highest BCUT2D eigenvalue weighted by molar-refractivity contribution is 9.10. The van der Waals surface area contributed by atoms with Crippen LogP contribution in [0.15, 0.2) is 22.7 Å². The molecule has 0 aliphatic carbocycles. The number of likely N-dealkylation sites (N-methyl/N-ethyl adjacent to an activating group) is 1. The molecule has 0 aliphatic rings. The summed E-state index contributed by atoms with van der Waals surface area (Å²) < 4.78 is 14.4. The van der Waals surface area contributed by atoms with E-state index in [-0.39, 0.29) is 17.6 Å². The fraction of sp³-hybridized carbons (Fsp3) is 0.500. The van der Waals surface area contributed by atoms with E-state index in [0.29, 0.717) is 25.1 Å². The summed E-state index contributed by atoms with van der Waals surface area (Å²) >= 11 is 3.31. The van der Waals surface area contributed by atoms with E-state index in [1.165, 1.54) is 6.07 Å². The van der Waals surface area contributed by atoms with Gasteiger partial charge in [-0.3, -0.25) is 4.79 Å². The van der Waals surface area contributed by atoms with Crippen LogP contribution in [0.2, 0.25) is 0 Å². The smallest absolute Gasteiger partial charge is 0.226 e. The highest BCUT2D eigenvalue weighted by Crippen LogP contribution is 2.16. The van der Waals surface area contributed by atoms with Crippen molar-refractivity contribution in [2.75, 3.05) is 20.1 Å². The summed E-state index contributed by atoms with van der Waals surface area (Å²) in [7, 11) is 1.73. The lowest BCUT2D eigenvalue weighted by atomic mass is 10.1. The van der Waals surface area contributed by atoms with Crippen LogP contribution in [-0.2, 0) is 11.2 Å². The first-order valence-corrected chi connectivity index (χ1v) is 7.17. The Bertz CT molecular complexity index is 435. The van der Waals surface area contributed by atoms with Gasteiger partial charge >= 0.3 is 0 Å². The van der Waals surface area contributed by atoms with Gasteiger partial charge in [-0.25, -0.2) is 4.39 Å². The predicted molar refractivity (Wildman–Crippen MR) is 78.3 cm³/mol. The van der Waals surface area contributed by atoms with Crippen molar-refractivity contribution in [3.05, 3.63) is 34.1 Å². The van der Waals surface area contributed by atoms with Crippen LogP contribution in [-0.4, -0.2) is 30.9 Å². The number of nitrogens with two attached hydrogens (primary N) is 1. The van der Waals surface area contributed by atoms with Gasteiger partial charge in [0.2, 0.25) is 5.91 Å². The Hall–Kier alpha value is -0.940. The molecule has 1 atom stereocenters. The summed E-state index contributed by atoms with van der Waals surface area (Å²) in [6.45, 7) is 2.78. The third-order valence-corrected chi connectivity index (χ3v) is 3.72. The van der Waals surface area contributed by atoms with E-state index in [9.17, 15) is 9.18 Å². The summed E-state index contributed by atoms with van der Waals surface area (Å²) in [5, 5.41) is 0. The van der Waals surface area contributed by atoms with Crippen molar-refractivity contribution >= 4 is 21.8 Å². The van der Waals surface area contributed by atoms with Crippen LogP contribution in [0.4, 0.5) is 4.39 Å². The van der Waals surface area contributed by atoms with E-state index in [1.54, 1.807) is 24.1 Å². The van der Waals surface area contributed by atoms with E-state index in [1.807, 2.05) is 6.92 Å². The lowest BCUT2D eigenvalue weighted by molar-refractivity contribution is -0.133. The van der Waals surface area contributed by atoms with Crippen LogP contribution < -0.4 is 5.73 Å². The minimum Gasteiger partial charge on any atom is -0.345 e. The molecule has 0 radical (unpaired) electrons. The molecule has 0 spiro atoms. The first-order valence-electron chi connectivity index (χ1n) is 6.38. The van der Waals surface area contributed by atoms with Gasteiger partial charge in [0.05, 0.1) is 5.92 Å². The van der Waals surface area contributed by atoms with Gasteiger partial charge in [-0.05, 0) is 36.6 Å². The summed E-state index contributed by atoms with van der Waals surface area (Å²) in [4.78, 5) is 13.6. The summed E-state index contributed by atoms with van der Waals surface area (Å²) in [6.07, 6.45) is 1.22. The van der Waals surface area contributed by atoms with Crippen LogP contribution in [0.25, 0.3) is 0 Å². The maximum Gasteiger partial charge on any atom is 0.226 e. The van der Waals surface area contributed by atoms with Crippen LogP contribution in [0.3, 0.4) is 0 Å². The van der Waals surface area contributed by atoms with Crippen molar-refractivity contribution in [2.24, 2.45) is 11.7 Å². The SMILES string of the molecule is CCC(CN)C(=O)N(C)CCc1cc(Br)ccc1F. The van der Waals surface area contributed by atoms with Crippen LogP contribution in [0, 0.1) is 11.7 Å². The molecule has 1 rings (SSSR count). The zero-order valence-electron chi connectivity index (χ0n) is 11.3. The predicted octanol–water partition coefficient (Wildman–Crippen LogP) is 2.57. The van der Waals surface area contributed by atoms with Gasteiger partial charge in [0.1, 0.15) is 5.82 Å². The number of benzene rings is 1. The molecule has 0 bridgehead atoms. The second kappa shape index (κ2) is 7.60. The normalized spacial score (nSPS) is 12.3. The summed E-state index contributed by atoms with van der Waals surface area (Å²) in [5.74, 6) is -0.354. The van der Waals surface area contributed by atoms with E-state index >= 15 is 0 Å². The van der Waals surface area contributed by atoms with Crippen LogP contribution >= 0.6 is 15.9 Å². The number of amides is 1. The Labute approximate surface area is 122 Å². The van der Waals surface area contributed by atoms with Gasteiger partial charge in [0, 0.05) is 24.6 Å². The molecule has 1 unspecified atom stereocenters. The third kappa shape index (κ3) is 4.58. The summed E-state index contributed by atoms with van der Waals surface area (Å²) in [6, 6.07) is 4.83. The largest absolute Gasteiger partial charge is 0.345 e. The molecule has 2 N–H and O–H groups in total. The number of carbonyl (C=O) groups excluding carboxylic acids is 1. The quantitative estimate of drug-likeness (QED) is 0.871. The molecule has 1 aromatic rings. The maximum atomic E-state index is 13.6. The van der Waals surface area contributed by atoms with Crippen molar-refractivity contribution in [3.63, 3.8) is 0 Å². The molecule has 0 saturated carbocycles. The Kier molecular flexibility index (Phi) is 6.45. The van der Waals surface area contributed by atoms with E-state index < -0.39 is 0 Å². The van der Waals surface area contributed by atoms with Gasteiger partial charge < -0.3 is 10.6 Å². The number of hydrogen-bond acceptors (Lipinski definition) is 2. The number of hydrogen-bond donors (Lipinski definition) is 1. The molecule has 5 heteroatoms. The zero-order chi connectivity index (χ0) is 14.4. The number of carbonyl (C=O) groups is 1. The average molecular weight is 331 g/mol. The van der Waals surface area contributed by atoms with E-state index in [0.717, 1.165) is 10.9 Å². The Morgan fingerprint density at radius 1 is 1.53 bits per heavy atom. The number of nitrogens with zero attached hydrogens (tertiary/aromatic N) is 1. The van der Waals surface area contributed by atoms with Crippen molar-refractivity contribution in [1.29, 1.82) is 0 Å². The molecule has 0 saturated heterocycles. The van der Waals surface area contributed by atoms with Crippen LogP contribution in [0.5, 0.6) is 0 Å². The molecular formula is C14H20BrFN2O. The molecule has 19 heavy (non-hydrogen) atoms. The monoisotopic (exact) mass is 330 g/mol. The molecule has 0 fully saturated rings. The molecule has 0 aromatic heterocycles. The number of rotatable bonds is 6. The lowest BCUT2D eigenvalue weighted by Gasteiger charge is -2.22. The number of halogens is 2. The molecule has 106 valence electrons. The van der Waals surface area contributed by atoms with E-state index in [4.69, 9.17) is 5.73 Å². The van der Waals surface area contributed by atoms with Crippen molar-refractivity contribution in [2.45, 2.75) is 19.8 Å². The molecule has 0 heterocycles. The average Bonchev–Trinajstić information content (AvgIpc) is 2.40. The standard InChI is InChI=1S/C14H20BrFN2O/c1-3-10(9-17)14(19)18(2)7-6-11-8-12(15)4-5-13(11)16/h4-5,8,10H,3,6-7,9,17H2,1-2H3. The molecule has 3 nitrogen and oxygen atoms in total. The van der Waals surface area contributed by atoms with Gasteiger partial charge in [-0.1, -0.05) is 22.9 Å². The highest BCUT2D eigenvalue weighted by atomic mass is 79.9. The second-order valence-corrected chi connectivity index (χ2v) is 5.50. The maximum absolute atomic E-state index is 13.6. The second-order valence-electron chi connectivity index (χ2n) is 4.59. The first kappa shape index (κ1) is 16.1. The van der Waals surface area contributed by atoms with Gasteiger partial charge in [0.15, 0.2) is 0 Å². The molecule has 0 aliphatic heterocycles.